The zero-order chi connectivity index (χ0) is 18.1. The van der Waals surface area contributed by atoms with E-state index in [2.05, 4.69) is 22.3 Å². The minimum atomic E-state index is -0.0418. The van der Waals surface area contributed by atoms with E-state index >= 15 is 0 Å². The van der Waals surface area contributed by atoms with Crippen molar-refractivity contribution in [2.75, 3.05) is 19.6 Å². The van der Waals surface area contributed by atoms with Gasteiger partial charge in [-0.3, -0.25) is 9.59 Å². The van der Waals surface area contributed by atoms with Gasteiger partial charge in [-0.2, -0.15) is 0 Å². The van der Waals surface area contributed by atoms with Crippen LogP contribution >= 0.6 is 0 Å². The monoisotopic (exact) mass is 351 g/mol. The summed E-state index contributed by atoms with van der Waals surface area (Å²) in [4.78, 5) is 27.1. The lowest BCUT2D eigenvalue weighted by Gasteiger charge is -2.28. The number of nitrogens with one attached hydrogen (secondary N) is 1. The molecule has 0 saturated carbocycles. The lowest BCUT2D eigenvalue weighted by Crippen LogP contribution is -2.35. The molecule has 3 heterocycles. The van der Waals surface area contributed by atoms with Crippen molar-refractivity contribution in [2.24, 2.45) is 11.8 Å². The van der Waals surface area contributed by atoms with Crippen molar-refractivity contribution in [1.29, 1.82) is 0 Å². The molecule has 0 spiro atoms. The van der Waals surface area contributed by atoms with Gasteiger partial charge in [0, 0.05) is 50.3 Å². The Hall–Kier alpha value is -2.40. The molecule has 5 nitrogen and oxygen atoms in total. The SMILES string of the molecule is Cc1cccc(=O)n1CCC(=O)N1C[C@@H]2CNC[C@@H]2[C@H]1c1ccccc1. The molecule has 0 unspecified atom stereocenters. The Labute approximate surface area is 153 Å². The van der Waals surface area contributed by atoms with Crippen LogP contribution in [0.25, 0.3) is 0 Å². The maximum atomic E-state index is 13.0. The van der Waals surface area contributed by atoms with Gasteiger partial charge in [0.2, 0.25) is 5.91 Å². The van der Waals surface area contributed by atoms with E-state index in [9.17, 15) is 9.59 Å². The maximum absolute atomic E-state index is 13.0. The lowest BCUT2D eigenvalue weighted by molar-refractivity contribution is -0.132. The summed E-state index contributed by atoms with van der Waals surface area (Å²) < 4.78 is 1.69. The van der Waals surface area contributed by atoms with Crippen molar-refractivity contribution in [3.63, 3.8) is 0 Å². The van der Waals surface area contributed by atoms with Crippen molar-refractivity contribution < 1.29 is 4.79 Å². The molecule has 136 valence electrons. The summed E-state index contributed by atoms with van der Waals surface area (Å²) >= 11 is 0. The molecule has 2 saturated heterocycles. The van der Waals surface area contributed by atoms with Gasteiger partial charge in [0.1, 0.15) is 0 Å². The van der Waals surface area contributed by atoms with Gasteiger partial charge in [0.25, 0.3) is 5.56 Å². The van der Waals surface area contributed by atoms with Crippen LogP contribution in [-0.4, -0.2) is 35.0 Å². The molecule has 1 N–H and O–H groups in total. The van der Waals surface area contributed by atoms with Gasteiger partial charge in [-0.05, 0) is 24.5 Å². The lowest BCUT2D eigenvalue weighted by atomic mass is 9.89. The van der Waals surface area contributed by atoms with Crippen LogP contribution in [0.5, 0.6) is 0 Å². The van der Waals surface area contributed by atoms with Crippen molar-refractivity contribution in [2.45, 2.75) is 25.9 Å². The molecular formula is C21H25N3O2. The highest BCUT2D eigenvalue weighted by atomic mass is 16.2. The second kappa shape index (κ2) is 7.08. The molecule has 5 heteroatoms. The molecule has 1 aromatic carbocycles. The Morgan fingerprint density at radius 3 is 2.69 bits per heavy atom. The average molecular weight is 351 g/mol. The van der Waals surface area contributed by atoms with Crippen LogP contribution in [0, 0.1) is 18.8 Å². The summed E-state index contributed by atoms with van der Waals surface area (Å²) in [6.45, 7) is 5.10. The molecule has 2 aliphatic heterocycles. The number of hydrogen-bond acceptors (Lipinski definition) is 3. The Balaban J connectivity index is 1.53. The molecule has 2 aromatic rings. The van der Waals surface area contributed by atoms with Gasteiger partial charge < -0.3 is 14.8 Å². The predicted octanol–water partition coefficient (Wildman–Crippen LogP) is 1.97. The smallest absolute Gasteiger partial charge is 0.250 e. The van der Waals surface area contributed by atoms with Crippen LogP contribution in [0.2, 0.25) is 0 Å². The van der Waals surface area contributed by atoms with Gasteiger partial charge in [-0.25, -0.2) is 0 Å². The van der Waals surface area contributed by atoms with Crippen molar-refractivity contribution in [3.8, 4) is 0 Å². The molecule has 0 aliphatic carbocycles. The fraction of sp³-hybridized carbons (Fsp3) is 0.429. The molecular weight excluding hydrogens is 326 g/mol. The van der Waals surface area contributed by atoms with Gasteiger partial charge in [0.05, 0.1) is 6.04 Å². The van der Waals surface area contributed by atoms with E-state index in [-0.39, 0.29) is 17.5 Å². The van der Waals surface area contributed by atoms with Gasteiger partial charge in [-0.1, -0.05) is 36.4 Å². The normalized spacial score (nSPS) is 24.7. The van der Waals surface area contributed by atoms with E-state index in [4.69, 9.17) is 0 Å². The highest BCUT2D eigenvalue weighted by Crippen LogP contribution is 2.42. The van der Waals surface area contributed by atoms with Gasteiger partial charge in [-0.15, -0.1) is 0 Å². The van der Waals surface area contributed by atoms with Crippen LogP contribution < -0.4 is 10.9 Å². The number of aromatic nitrogens is 1. The number of rotatable bonds is 4. The van der Waals surface area contributed by atoms with E-state index in [0.717, 1.165) is 25.3 Å². The zero-order valence-electron chi connectivity index (χ0n) is 15.1. The minimum absolute atomic E-state index is 0.0418. The molecule has 0 bridgehead atoms. The Bertz CT molecular complexity index is 846. The second-order valence-electron chi connectivity index (χ2n) is 7.39. The van der Waals surface area contributed by atoms with Crippen LogP contribution in [-0.2, 0) is 11.3 Å². The third-order valence-electron chi connectivity index (χ3n) is 5.84. The molecule has 4 rings (SSSR count). The first-order valence-electron chi connectivity index (χ1n) is 9.37. The number of aryl methyl sites for hydroxylation is 1. The number of carbonyl (C=O) groups is 1. The Morgan fingerprint density at radius 1 is 1.12 bits per heavy atom. The third-order valence-corrected chi connectivity index (χ3v) is 5.84. The third kappa shape index (κ3) is 3.07. The van der Waals surface area contributed by atoms with Crippen LogP contribution in [0.15, 0.2) is 53.3 Å². The predicted molar refractivity (Wildman–Crippen MR) is 101 cm³/mol. The fourth-order valence-electron chi connectivity index (χ4n) is 4.52. The second-order valence-corrected chi connectivity index (χ2v) is 7.39. The molecule has 2 fully saturated rings. The molecule has 1 aromatic heterocycles. The number of likely N-dealkylation sites (tertiary alicyclic amines) is 1. The first-order valence-corrected chi connectivity index (χ1v) is 9.37. The number of pyridine rings is 1. The van der Waals surface area contributed by atoms with E-state index < -0.39 is 0 Å². The summed E-state index contributed by atoms with van der Waals surface area (Å²) in [7, 11) is 0. The highest BCUT2D eigenvalue weighted by Gasteiger charge is 2.46. The molecule has 1 amide bonds. The summed E-state index contributed by atoms with van der Waals surface area (Å²) in [5.41, 5.74) is 2.07. The minimum Gasteiger partial charge on any atom is -0.335 e. The molecule has 2 aliphatic rings. The van der Waals surface area contributed by atoms with Crippen LogP contribution in [0.1, 0.15) is 23.7 Å². The van der Waals surface area contributed by atoms with Crippen molar-refractivity contribution >= 4 is 5.91 Å². The summed E-state index contributed by atoms with van der Waals surface area (Å²) in [5.74, 6) is 1.14. The number of benzene rings is 1. The summed E-state index contributed by atoms with van der Waals surface area (Å²) in [5, 5.41) is 3.47. The number of carbonyl (C=O) groups excluding carboxylic acids is 1. The van der Waals surface area contributed by atoms with E-state index in [1.165, 1.54) is 5.56 Å². The van der Waals surface area contributed by atoms with Crippen LogP contribution in [0.4, 0.5) is 0 Å². The Morgan fingerprint density at radius 2 is 1.92 bits per heavy atom. The average Bonchev–Trinajstić information content (AvgIpc) is 3.22. The van der Waals surface area contributed by atoms with E-state index in [0.29, 0.717) is 24.8 Å². The maximum Gasteiger partial charge on any atom is 0.250 e. The zero-order valence-corrected chi connectivity index (χ0v) is 15.1. The number of fused-ring (bicyclic) bond motifs is 1. The van der Waals surface area contributed by atoms with Gasteiger partial charge in [0.15, 0.2) is 0 Å². The van der Waals surface area contributed by atoms with Crippen molar-refractivity contribution in [1.82, 2.24) is 14.8 Å². The van der Waals surface area contributed by atoms with Gasteiger partial charge >= 0.3 is 0 Å². The molecule has 0 radical (unpaired) electrons. The fourth-order valence-corrected chi connectivity index (χ4v) is 4.52. The topological polar surface area (TPSA) is 54.3 Å². The van der Waals surface area contributed by atoms with Crippen LogP contribution in [0.3, 0.4) is 0 Å². The molecule has 3 atom stereocenters. The first-order chi connectivity index (χ1) is 12.6. The highest BCUT2D eigenvalue weighted by molar-refractivity contribution is 5.77. The molecule has 26 heavy (non-hydrogen) atoms. The quantitative estimate of drug-likeness (QED) is 0.916. The number of amides is 1. The van der Waals surface area contributed by atoms with E-state index in [1.807, 2.05) is 31.2 Å². The standard InChI is InChI=1S/C21H25N3O2/c1-15-6-5-9-19(25)23(15)11-10-20(26)24-14-17-12-22-13-18(17)21(24)16-7-3-2-4-8-16/h2-9,17-18,21-22H,10-14H2,1H3/t17-,18-,21+/m0/s1. The summed E-state index contributed by atoms with van der Waals surface area (Å²) in [6, 6.07) is 15.7. The largest absolute Gasteiger partial charge is 0.335 e. The summed E-state index contributed by atoms with van der Waals surface area (Å²) in [6.07, 6.45) is 0.362. The van der Waals surface area contributed by atoms with E-state index in [1.54, 1.807) is 16.7 Å². The first kappa shape index (κ1) is 17.0. The number of hydrogen-bond donors (Lipinski definition) is 1. The Kier molecular flexibility index (Phi) is 4.64. The van der Waals surface area contributed by atoms with Crippen molar-refractivity contribution in [3.05, 3.63) is 70.1 Å². The number of nitrogens with zero attached hydrogens (tertiary/aromatic N) is 2.